The van der Waals surface area contributed by atoms with E-state index in [4.69, 9.17) is 9.47 Å². The minimum atomic E-state index is -0.808. The number of carboxylic acids is 1. The van der Waals surface area contributed by atoms with Gasteiger partial charge in [0.15, 0.2) is 0 Å². The molecule has 3 rings (SSSR count). The Morgan fingerprint density at radius 3 is 2.56 bits per heavy atom. The molecule has 0 amide bonds. The number of carboxylic acid groups (broad SMARTS) is 1. The molecule has 1 N–H and O–H groups in total. The number of esters is 1. The predicted octanol–water partition coefficient (Wildman–Crippen LogP) is 4.49. The van der Waals surface area contributed by atoms with E-state index < -0.39 is 17.2 Å². The summed E-state index contributed by atoms with van der Waals surface area (Å²) in [4.78, 5) is 22.8. The molecular formula is C22H34O5. The fourth-order valence-corrected chi connectivity index (χ4v) is 6.44. The van der Waals surface area contributed by atoms with Crippen LogP contribution in [0.4, 0.5) is 0 Å². The van der Waals surface area contributed by atoms with Crippen LogP contribution in [0.5, 0.6) is 0 Å². The molecule has 0 aromatic heterocycles. The average Bonchev–Trinajstić information content (AvgIpc) is 2.89. The molecule has 1 saturated carbocycles. The summed E-state index contributed by atoms with van der Waals surface area (Å²) in [5.74, 6) is -0.696. The van der Waals surface area contributed by atoms with Gasteiger partial charge in [0.05, 0.1) is 24.2 Å². The fraction of sp³-hybridized carbons (Fsp3) is 0.818. The lowest BCUT2D eigenvalue weighted by Crippen LogP contribution is -2.60. The topological polar surface area (TPSA) is 72.8 Å². The molecule has 1 aliphatic heterocycles. The average molecular weight is 379 g/mol. The van der Waals surface area contributed by atoms with E-state index in [1.165, 1.54) is 12.5 Å². The molecular weight excluding hydrogens is 344 g/mol. The van der Waals surface area contributed by atoms with Crippen molar-refractivity contribution in [1.29, 1.82) is 0 Å². The third-order valence-electron chi connectivity index (χ3n) is 7.83. The first kappa shape index (κ1) is 20.4. The molecule has 0 aromatic carbocycles. The Labute approximate surface area is 162 Å². The van der Waals surface area contributed by atoms with Crippen LogP contribution in [0.2, 0.25) is 0 Å². The van der Waals surface area contributed by atoms with Gasteiger partial charge in [-0.15, -0.1) is 0 Å². The van der Waals surface area contributed by atoms with E-state index in [1.807, 2.05) is 6.92 Å². The van der Waals surface area contributed by atoms with Crippen molar-refractivity contribution in [3.05, 3.63) is 11.6 Å². The van der Waals surface area contributed by atoms with Crippen LogP contribution in [0.25, 0.3) is 0 Å². The second kappa shape index (κ2) is 6.61. The highest BCUT2D eigenvalue weighted by molar-refractivity contribution is 5.68. The highest BCUT2D eigenvalue weighted by atomic mass is 16.5. The Bertz CT molecular complexity index is 670. The molecule has 27 heavy (non-hydrogen) atoms. The lowest BCUT2D eigenvalue weighted by atomic mass is 9.46. The molecule has 0 bridgehead atoms. The van der Waals surface area contributed by atoms with E-state index in [2.05, 4.69) is 26.8 Å². The zero-order valence-corrected chi connectivity index (χ0v) is 17.4. The minimum absolute atomic E-state index is 0.0352. The Balaban J connectivity index is 1.97. The molecule has 1 spiro atoms. The van der Waals surface area contributed by atoms with E-state index in [9.17, 15) is 14.7 Å². The SMILES string of the molecule is CC(=O)OC[C@]1(C)CCC[C@@]2(C)[C@H]1CC=C(C)[C@]21CC[C@@](C)(CC(=O)O)O1. The summed E-state index contributed by atoms with van der Waals surface area (Å²) in [7, 11) is 0. The van der Waals surface area contributed by atoms with Crippen LogP contribution < -0.4 is 0 Å². The number of aliphatic carboxylic acids is 1. The van der Waals surface area contributed by atoms with E-state index >= 15 is 0 Å². The van der Waals surface area contributed by atoms with Crippen LogP contribution in [-0.2, 0) is 19.1 Å². The van der Waals surface area contributed by atoms with Crippen LogP contribution in [0.3, 0.4) is 0 Å². The van der Waals surface area contributed by atoms with Crippen molar-refractivity contribution in [3.63, 3.8) is 0 Å². The highest BCUT2D eigenvalue weighted by Crippen LogP contribution is 2.66. The second-order valence-corrected chi connectivity index (χ2v) is 9.83. The van der Waals surface area contributed by atoms with Gasteiger partial charge < -0.3 is 14.6 Å². The van der Waals surface area contributed by atoms with Gasteiger partial charge in [-0.05, 0) is 57.4 Å². The van der Waals surface area contributed by atoms with Gasteiger partial charge in [0, 0.05) is 17.8 Å². The number of hydrogen-bond acceptors (Lipinski definition) is 4. The van der Waals surface area contributed by atoms with Gasteiger partial charge in [0.25, 0.3) is 0 Å². The van der Waals surface area contributed by atoms with Crippen molar-refractivity contribution in [1.82, 2.24) is 0 Å². The molecule has 5 atom stereocenters. The zero-order chi connectivity index (χ0) is 20.1. The quantitative estimate of drug-likeness (QED) is 0.576. The van der Waals surface area contributed by atoms with Gasteiger partial charge in [-0.25, -0.2) is 0 Å². The predicted molar refractivity (Wildman–Crippen MR) is 102 cm³/mol. The first-order chi connectivity index (χ1) is 12.5. The van der Waals surface area contributed by atoms with Gasteiger partial charge in [-0.1, -0.05) is 26.3 Å². The van der Waals surface area contributed by atoms with Gasteiger partial charge in [-0.2, -0.15) is 0 Å². The maximum atomic E-state index is 11.4. The van der Waals surface area contributed by atoms with Gasteiger partial charge in [-0.3, -0.25) is 9.59 Å². The zero-order valence-electron chi connectivity index (χ0n) is 17.4. The van der Waals surface area contributed by atoms with Crippen molar-refractivity contribution in [2.45, 2.75) is 90.8 Å². The molecule has 0 radical (unpaired) electrons. The number of hydrogen-bond donors (Lipinski definition) is 1. The summed E-state index contributed by atoms with van der Waals surface area (Å²) in [6, 6.07) is 0. The summed E-state index contributed by atoms with van der Waals surface area (Å²) in [6.07, 6.45) is 8.06. The number of allylic oxidation sites excluding steroid dienone is 1. The molecule has 5 heteroatoms. The largest absolute Gasteiger partial charge is 0.481 e. The summed E-state index contributed by atoms with van der Waals surface area (Å²) in [6.45, 7) is 10.6. The molecule has 152 valence electrons. The molecule has 2 fully saturated rings. The van der Waals surface area contributed by atoms with Crippen molar-refractivity contribution >= 4 is 11.9 Å². The van der Waals surface area contributed by atoms with Gasteiger partial charge in [0.1, 0.15) is 0 Å². The first-order valence-corrected chi connectivity index (χ1v) is 10.2. The van der Waals surface area contributed by atoms with Crippen LogP contribution in [0.15, 0.2) is 11.6 Å². The molecule has 0 unspecified atom stereocenters. The molecule has 3 aliphatic rings. The number of fused-ring (bicyclic) bond motifs is 2. The number of carbonyl (C=O) groups is 2. The van der Waals surface area contributed by atoms with E-state index in [0.717, 1.165) is 38.5 Å². The highest BCUT2D eigenvalue weighted by Gasteiger charge is 2.65. The third kappa shape index (κ3) is 3.22. The first-order valence-electron chi connectivity index (χ1n) is 10.2. The lowest BCUT2D eigenvalue weighted by molar-refractivity contribution is -0.201. The third-order valence-corrected chi connectivity index (χ3v) is 7.83. The molecule has 2 aliphatic carbocycles. The second-order valence-electron chi connectivity index (χ2n) is 9.83. The van der Waals surface area contributed by atoms with E-state index in [0.29, 0.717) is 12.5 Å². The molecule has 0 aromatic rings. The van der Waals surface area contributed by atoms with Crippen LogP contribution in [0, 0.1) is 16.7 Å². The van der Waals surface area contributed by atoms with E-state index in [-0.39, 0.29) is 23.2 Å². The van der Waals surface area contributed by atoms with Gasteiger partial charge in [0.2, 0.25) is 0 Å². The van der Waals surface area contributed by atoms with Crippen LogP contribution >= 0.6 is 0 Å². The maximum Gasteiger partial charge on any atom is 0.306 e. The summed E-state index contributed by atoms with van der Waals surface area (Å²) in [5.41, 5.74) is 0.0213. The van der Waals surface area contributed by atoms with Crippen molar-refractivity contribution < 1.29 is 24.2 Å². The monoisotopic (exact) mass is 378 g/mol. The fourth-order valence-electron chi connectivity index (χ4n) is 6.44. The Kier molecular flexibility index (Phi) is 4.99. The van der Waals surface area contributed by atoms with Crippen molar-refractivity contribution in [2.75, 3.05) is 6.61 Å². The summed E-state index contributed by atoms with van der Waals surface area (Å²) >= 11 is 0. The normalized spacial score (nSPS) is 43.9. The molecule has 1 heterocycles. The number of carbonyl (C=O) groups excluding carboxylic acids is 1. The van der Waals surface area contributed by atoms with Crippen LogP contribution in [0.1, 0.15) is 79.6 Å². The Hall–Kier alpha value is -1.36. The summed E-state index contributed by atoms with van der Waals surface area (Å²) < 4.78 is 12.2. The summed E-state index contributed by atoms with van der Waals surface area (Å²) in [5, 5.41) is 9.35. The van der Waals surface area contributed by atoms with E-state index in [1.54, 1.807) is 0 Å². The number of rotatable bonds is 4. The number of ether oxygens (including phenoxy) is 2. The molecule has 1 saturated heterocycles. The lowest BCUT2D eigenvalue weighted by Gasteiger charge is -2.61. The van der Waals surface area contributed by atoms with Crippen LogP contribution in [-0.4, -0.2) is 34.9 Å². The smallest absolute Gasteiger partial charge is 0.306 e. The Morgan fingerprint density at radius 1 is 1.22 bits per heavy atom. The molecule has 5 nitrogen and oxygen atoms in total. The van der Waals surface area contributed by atoms with Crippen molar-refractivity contribution in [2.24, 2.45) is 16.7 Å². The van der Waals surface area contributed by atoms with Crippen molar-refractivity contribution in [3.8, 4) is 0 Å². The maximum absolute atomic E-state index is 11.4. The minimum Gasteiger partial charge on any atom is -0.481 e. The van der Waals surface area contributed by atoms with Gasteiger partial charge >= 0.3 is 11.9 Å². The standard InChI is InChI=1S/C22H34O5/c1-15-7-8-17-19(3,14-26-16(2)23)9-6-10-21(17,5)22(15)12-11-20(4,27-22)13-18(24)25/h7,17H,6,8-14H2,1-5H3,(H,24,25)/t17-,19-,20-,21-,22+/m0/s1. The Morgan fingerprint density at radius 2 is 1.93 bits per heavy atom.